The molecule has 0 saturated carbocycles. The van der Waals surface area contributed by atoms with E-state index < -0.39 is 0 Å². The molecule has 0 bridgehead atoms. The van der Waals surface area contributed by atoms with Crippen LogP contribution in [0.15, 0.2) is 62.3 Å². The minimum Gasteiger partial charge on any atom is -0.508 e. The number of nitrogens with zero attached hydrogens (tertiary/aromatic N) is 3. The molecule has 1 amide bonds. The van der Waals surface area contributed by atoms with Gasteiger partial charge in [0.25, 0.3) is 5.91 Å². The van der Waals surface area contributed by atoms with Crippen LogP contribution in [0, 0.1) is 0 Å². The molecular weight excluding hydrogens is 418 g/mol. The number of aliphatic imine (C=N–C) groups is 1. The number of carbonyl (C=O) groups is 1. The number of unbranched alkanes of at least 4 members (excludes halogenated alkanes) is 1. The largest absolute Gasteiger partial charge is 0.508 e. The van der Waals surface area contributed by atoms with Crippen molar-refractivity contribution in [1.82, 2.24) is 4.90 Å². The highest BCUT2D eigenvalue weighted by molar-refractivity contribution is 8.19. The number of ether oxygens (including phenoxy) is 1. The van der Waals surface area contributed by atoms with Gasteiger partial charge in [-0.3, -0.25) is 9.69 Å². The average molecular weight is 442 g/mol. The van der Waals surface area contributed by atoms with E-state index in [1.807, 2.05) is 36.2 Å². The van der Waals surface area contributed by atoms with Gasteiger partial charge in [-0.25, -0.2) is 4.99 Å². The number of hydrogen-bond acceptors (Lipinski definition) is 7. The van der Waals surface area contributed by atoms with E-state index in [2.05, 4.69) is 11.9 Å². The minimum atomic E-state index is -0.0264. The summed E-state index contributed by atoms with van der Waals surface area (Å²) in [5.74, 6) is 0.912. The Morgan fingerprint density at radius 2 is 2.00 bits per heavy atom. The SMILES string of the molecule is CCCCN1C(=O)C(=C2Sc3ccc(OC)cc3N2C)SC1=Nc1cccc(O)c1. The van der Waals surface area contributed by atoms with Crippen molar-refractivity contribution < 1.29 is 14.6 Å². The van der Waals surface area contributed by atoms with Gasteiger partial charge in [0.05, 0.1) is 23.5 Å². The zero-order chi connectivity index (χ0) is 21.3. The van der Waals surface area contributed by atoms with Crippen molar-refractivity contribution in [2.24, 2.45) is 4.99 Å². The molecule has 2 aromatic rings. The van der Waals surface area contributed by atoms with Crippen molar-refractivity contribution in [2.45, 2.75) is 24.7 Å². The second-order valence-corrected chi connectivity index (χ2v) is 8.96. The topological polar surface area (TPSA) is 65.4 Å². The zero-order valence-corrected chi connectivity index (χ0v) is 18.7. The number of hydrogen-bond donors (Lipinski definition) is 1. The maximum atomic E-state index is 13.3. The van der Waals surface area contributed by atoms with Crippen LogP contribution in [0.5, 0.6) is 11.5 Å². The summed E-state index contributed by atoms with van der Waals surface area (Å²) in [6.07, 6.45) is 1.88. The van der Waals surface area contributed by atoms with Crippen molar-refractivity contribution in [2.75, 3.05) is 25.6 Å². The van der Waals surface area contributed by atoms with E-state index in [4.69, 9.17) is 4.74 Å². The van der Waals surface area contributed by atoms with Gasteiger partial charge >= 0.3 is 0 Å². The predicted octanol–water partition coefficient (Wildman–Crippen LogP) is 5.18. The highest BCUT2D eigenvalue weighted by Gasteiger charge is 2.39. The fourth-order valence-electron chi connectivity index (χ4n) is 3.26. The van der Waals surface area contributed by atoms with Gasteiger partial charge < -0.3 is 14.7 Å². The first kappa shape index (κ1) is 20.7. The Bertz CT molecular complexity index is 1050. The molecule has 2 aliphatic heterocycles. The van der Waals surface area contributed by atoms with Crippen LogP contribution in [0.1, 0.15) is 19.8 Å². The third kappa shape index (κ3) is 3.89. The molecule has 8 heteroatoms. The van der Waals surface area contributed by atoms with Crippen LogP contribution in [0.3, 0.4) is 0 Å². The van der Waals surface area contributed by atoms with E-state index in [-0.39, 0.29) is 11.7 Å². The van der Waals surface area contributed by atoms with Crippen molar-refractivity contribution in [3.8, 4) is 11.5 Å². The normalized spacial score (nSPS) is 19.7. The number of amidine groups is 1. The molecule has 30 heavy (non-hydrogen) atoms. The summed E-state index contributed by atoms with van der Waals surface area (Å²) in [5.41, 5.74) is 1.65. The summed E-state index contributed by atoms with van der Waals surface area (Å²) in [5, 5.41) is 11.3. The van der Waals surface area contributed by atoms with Crippen molar-refractivity contribution in [3.63, 3.8) is 0 Å². The molecule has 2 heterocycles. The number of carbonyl (C=O) groups excluding carboxylic acids is 1. The Labute approximate surface area is 184 Å². The van der Waals surface area contributed by atoms with E-state index in [0.717, 1.165) is 34.2 Å². The number of phenolic OH excluding ortho intramolecular Hbond substituents is 1. The first-order valence-corrected chi connectivity index (χ1v) is 11.4. The predicted molar refractivity (Wildman–Crippen MR) is 124 cm³/mol. The Morgan fingerprint density at radius 3 is 2.73 bits per heavy atom. The molecule has 0 unspecified atom stereocenters. The Hall–Kier alpha value is -2.58. The number of thioether (sulfide) groups is 2. The molecule has 0 atom stereocenters. The van der Waals surface area contributed by atoms with Gasteiger partial charge in [0, 0.05) is 30.6 Å². The third-order valence-electron chi connectivity index (χ3n) is 4.89. The number of amides is 1. The van der Waals surface area contributed by atoms with Gasteiger partial charge in [-0.05, 0) is 42.4 Å². The number of anilines is 1. The smallest absolute Gasteiger partial charge is 0.269 e. The fourth-order valence-corrected chi connectivity index (χ4v) is 5.61. The summed E-state index contributed by atoms with van der Waals surface area (Å²) in [6, 6.07) is 12.7. The monoisotopic (exact) mass is 441 g/mol. The number of rotatable bonds is 5. The Balaban J connectivity index is 1.71. The number of aromatic hydroxyl groups is 1. The molecule has 0 aromatic heterocycles. The van der Waals surface area contributed by atoms with Crippen LogP contribution in [0.4, 0.5) is 11.4 Å². The van der Waals surface area contributed by atoms with Crippen LogP contribution >= 0.6 is 23.5 Å². The van der Waals surface area contributed by atoms with Crippen molar-refractivity contribution >= 4 is 46.0 Å². The van der Waals surface area contributed by atoms with Crippen molar-refractivity contribution in [1.29, 1.82) is 0 Å². The van der Waals surface area contributed by atoms with Crippen molar-refractivity contribution in [3.05, 3.63) is 52.4 Å². The van der Waals surface area contributed by atoms with Crippen LogP contribution in [-0.4, -0.2) is 41.8 Å². The van der Waals surface area contributed by atoms with E-state index in [0.29, 0.717) is 22.3 Å². The Morgan fingerprint density at radius 1 is 1.17 bits per heavy atom. The van der Waals surface area contributed by atoms with E-state index in [1.54, 1.807) is 42.0 Å². The lowest BCUT2D eigenvalue weighted by molar-refractivity contribution is -0.122. The highest BCUT2D eigenvalue weighted by atomic mass is 32.2. The molecule has 1 fully saturated rings. The first-order chi connectivity index (χ1) is 14.5. The summed E-state index contributed by atoms with van der Waals surface area (Å²) in [7, 11) is 3.62. The van der Waals surface area contributed by atoms with E-state index in [9.17, 15) is 9.90 Å². The van der Waals surface area contributed by atoms with Crippen LogP contribution in [0.2, 0.25) is 0 Å². The van der Waals surface area contributed by atoms with Crippen LogP contribution in [0.25, 0.3) is 0 Å². The summed E-state index contributed by atoms with van der Waals surface area (Å²) >= 11 is 2.98. The minimum absolute atomic E-state index is 0.0264. The Kier molecular flexibility index (Phi) is 5.97. The van der Waals surface area contributed by atoms with E-state index in [1.165, 1.54) is 11.8 Å². The standard InChI is InChI=1S/C22H23N3O3S2/c1-4-5-11-25-20(27)19(30-22(25)23-14-7-6-8-15(26)12-14)21-24(2)17-13-16(28-3)9-10-18(17)29-21/h6-10,12-13,26H,4-5,11H2,1-3H3. The average Bonchev–Trinajstić information content (AvgIpc) is 3.22. The van der Waals surface area contributed by atoms with Gasteiger partial charge in [0.15, 0.2) is 5.17 Å². The second-order valence-electron chi connectivity index (χ2n) is 6.96. The van der Waals surface area contributed by atoms with Gasteiger partial charge in [-0.2, -0.15) is 0 Å². The van der Waals surface area contributed by atoms with Gasteiger partial charge in [0.2, 0.25) is 0 Å². The molecule has 2 aromatic carbocycles. The number of phenols is 1. The molecule has 4 rings (SSSR count). The summed E-state index contributed by atoms with van der Waals surface area (Å²) in [4.78, 5) is 23.6. The van der Waals surface area contributed by atoms with Gasteiger partial charge in [0.1, 0.15) is 16.4 Å². The molecule has 0 spiro atoms. The van der Waals surface area contributed by atoms with Gasteiger partial charge in [-0.1, -0.05) is 31.2 Å². The van der Waals surface area contributed by atoms with E-state index >= 15 is 0 Å². The summed E-state index contributed by atoms with van der Waals surface area (Å²) < 4.78 is 5.35. The maximum absolute atomic E-state index is 13.3. The lowest BCUT2D eigenvalue weighted by Gasteiger charge is -2.16. The lowest BCUT2D eigenvalue weighted by atomic mass is 10.3. The van der Waals surface area contributed by atoms with Crippen LogP contribution < -0.4 is 9.64 Å². The number of methoxy groups -OCH3 is 1. The zero-order valence-electron chi connectivity index (χ0n) is 17.1. The quantitative estimate of drug-likeness (QED) is 0.646. The first-order valence-electron chi connectivity index (χ1n) is 9.73. The maximum Gasteiger partial charge on any atom is 0.269 e. The molecule has 0 radical (unpaired) electrons. The lowest BCUT2D eigenvalue weighted by Crippen LogP contribution is -2.30. The summed E-state index contributed by atoms with van der Waals surface area (Å²) in [6.45, 7) is 2.72. The highest BCUT2D eigenvalue weighted by Crippen LogP contribution is 2.51. The number of benzene rings is 2. The molecule has 6 nitrogen and oxygen atoms in total. The van der Waals surface area contributed by atoms with Gasteiger partial charge in [-0.15, -0.1) is 0 Å². The van der Waals surface area contributed by atoms with Crippen LogP contribution in [-0.2, 0) is 4.79 Å². The third-order valence-corrected chi connectivity index (χ3v) is 7.32. The molecule has 1 N–H and O–H groups in total. The fraction of sp³-hybridized carbons (Fsp3) is 0.273. The molecule has 2 aliphatic rings. The molecular formula is C22H23N3O3S2. The molecule has 1 saturated heterocycles. The molecule has 156 valence electrons. The second kappa shape index (κ2) is 8.65. The molecule has 0 aliphatic carbocycles. The number of fused-ring (bicyclic) bond motifs is 1.